The van der Waals surface area contributed by atoms with Crippen LogP contribution in [0.5, 0.6) is 0 Å². The van der Waals surface area contributed by atoms with Crippen molar-refractivity contribution in [2.24, 2.45) is 4.99 Å². The summed E-state index contributed by atoms with van der Waals surface area (Å²) in [7, 11) is 0. The highest BCUT2D eigenvalue weighted by molar-refractivity contribution is 5.73. The van der Waals surface area contributed by atoms with E-state index in [0.29, 0.717) is 12.2 Å². The Balaban J connectivity index is 2.24. The van der Waals surface area contributed by atoms with E-state index in [4.69, 9.17) is 0 Å². The number of nitrogens with one attached hydrogen (secondary N) is 1. The number of hydrogen-bond acceptors (Lipinski definition) is 4. The van der Waals surface area contributed by atoms with Gasteiger partial charge in [-0.15, -0.1) is 0 Å². The summed E-state index contributed by atoms with van der Waals surface area (Å²) in [6, 6.07) is 6.55. The molecular weight excluding hydrogens is 218 g/mol. The first-order valence-electron chi connectivity index (χ1n) is 5.13. The minimum absolute atomic E-state index is 0.0607. The first-order chi connectivity index (χ1) is 8.27. The fraction of sp³-hybridized carbons (Fsp3) is 0.0833. The van der Waals surface area contributed by atoms with Gasteiger partial charge in [0.15, 0.2) is 0 Å². The fourth-order valence-corrected chi connectivity index (χ4v) is 1.48. The minimum atomic E-state index is -0.404. The number of anilines is 1. The van der Waals surface area contributed by atoms with E-state index >= 15 is 0 Å². The van der Waals surface area contributed by atoms with Crippen LogP contribution in [0.15, 0.2) is 53.2 Å². The van der Waals surface area contributed by atoms with Crippen LogP contribution in [0.1, 0.15) is 0 Å². The van der Waals surface area contributed by atoms with Gasteiger partial charge in [-0.25, -0.2) is 0 Å². The molecule has 1 heterocycles. The Kier molecular flexibility index (Phi) is 3.30. The number of rotatable bonds is 3. The van der Waals surface area contributed by atoms with Gasteiger partial charge in [0.05, 0.1) is 11.5 Å². The maximum atomic E-state index is 10.8. The number of benzene rings is 1. The SMILES string of the molecule is O=[N+]([O-])c1ccccc1NC1=CC=CC=NC1. The summed E-state index contributed by atoms with van der Waals surface area (Å²) in [5.74, 6) is 0. The lowest BCUT2D eigenvalue weighted by Gasteiger charge is -2.08. The van der Waals surface area contributed by atoms with Crippen LogP contribution in [0.2, 0.25) is 0 Å². The molecular formula is C12H11N3O2. The Morgan fingerprint density at radius 2 is 2.12 bits per heavy atom. The van der Waals surface area contributed by atoms with Crippen molar-refractivity contribution in [3.05, 3.63) is 58.3 Å². The number of nitro benzene ring substituents is 1. The predicted octanol–water partition coefficient (Wildman–Crippen LogP) is 2.53. The number of allylic oxidation sites excluding steroid dienone is 3. The van der Waals surface area contributed by atoms with Gasteiger partial charge in [0, 0.05) is 18.0 Å². The molecule has 1 N–H and O–H groups in total. The highest BCUT2D eigenvalue weighted by atomic mass is 16.6. The zero-order valence-corrected chi connectivity index (χ0v) is 9.04. The molecule has 5 nitrogen and oxygen atoms in total. The number of hydrogen-bond donors (Lipinski definition) is 1. The third-order valence-electron chi connectivity index (χ3n) is 2.26. The van der Waals surface area contributed by atoms with Crippen LogP contribution >= 0.6 is 0 Å². The van der Waals surface area contributed by atoms with E-state index in [1.54, 1.807) is 24.4 Å². The van der Waals surface area contributed by atoms with E-state index in [0.717, 1.165) is 5.70 Å². The smallest absolute Gasteiger partial charge is 0.292 e. The molecule has 0 radical (unpaired) electrons. The quantitative estimate of drug-likeness (QED) is 0.639. The van der Waals surface area contributed by atoms with E-state index < -0.39 is 4.92 Å². The molecule has 1 aromatic rings. The van der Waals surface area contributed by atoms with Gasteiger partial charge in [-0.1, -0.05) is 18.2 Å². The van der Waals surface area contributed by atoms with E-state index in [1.165, 1.54) is 6.07 Å². The summed E-state index contributed by atoms with van der Waals surface area (Å²) in [5, 5.41) is 13.9. The first kappa shape index (κ1) is 11.1. The lowest BCUT2D eigenvalue weighted by Crippen LogP contribution is -2.04. The van der Waals surface area contributed by atoms with Crippen LogP contribution in [0, 0.1) is 10.1 Å². The van der Waals surface area contributed by atoms with Gasteiger partial charge >= 0.3 is 0 Å². The molecule has 0 bridgehead atoms. The van der Waals surface area contributed by atoms with Crippen molar-refractivity contribution in [3.63, 3.8) is 0 Å². The molecule has 1 aliphatic heterocycles. The Morgan fingerprint density at radius 3 is 2.94 bits per heavy atom. The molecule has 1 aromatic carbocycles. The Bertz CT molecular complexity index is 518. The summed E-state index contributed by atoms with van der Waals surface area (Å²) < 4.78 is 0. The standard InChI is InChI=1S/C12H11N3O2/c16-15(17)12-7-2-1-6-11(12)14-10-5-3-4-8-13-9-10/h1-8,14H,9H2. The average Bonchev–Trinajstić information content (AvgIpc) is 2.58. The zero-order valence-electron chi connectivity index (χ0n) is 9.04. The monoisotopic (exact) mass is 229 g/mol. The van der Waals surface area contributed by atoms with Gasteiger partial charge in [-0.3, -0.25) is 15.1 Å². The third-order valence-corrected chi connectivity index (χ3v) is 2.26. The van der Waals surface area contributed by atoms with Crippen molar-refractivity contribution in [2.75, 3.05) is 11.9 Å². The molecule has 0 aliphatic carbocycles. The zero-order chi connectivity index (χ0) is 12.1. The van der Waals surface area contributed by atoms with Crippen molar-refractivity contribution in [1.29, 1.82) is 0 Å². The van der Waals surface area contributed by atoms with E-state index in [9.17, 15) is 10.1 Å². The summed E-state index contributed by atoms with van der Waals surface area (Å²) in [5.41, 5.74) is 1.36. The van der Waals surface area contributed by atoms with E-state index in [2.05, 4.69) is 10.3 Å². The van der Waals surface area contributed by atoms with Crippen LogP contribution in [0.3, 0.4) is 0 Å². The fourth-order valence-electron chi connectivity index (χ4n) is 1.48. The lowest BCUT2D eigenvalue weighted by atomic mass is 10.2. The van der Waals surface area contributed by atoms with Crippen molar-refractivity contribution in [2.45, 2.75) is 0 Å². The number of nitro groups is 1. The number of aliphatic imine (C=N–C) groups is 1. The average molecular weight is 229 g/mol. The minimum Gasteiger partial charge on any atom is -0.352 e. The van der Waals surface area contributed by atoms with Gasteiger partial charge in [0.1, 0.15) is 5.69 Å². The van der Waals surface area contributed by atoms with Gasteiger partial charge < -0.3 is 5.32 Å². The van der Waals surface area contributed by atoms with Crippen molar-refractivity contribution in [1.82, 2.24) is 0 Å². The molecule has 0 aromatic heterocycles. The molecule has 86 valence electrons. The second kappa shape index (κ2) is 5.07. The van der Waals surface area contributed by atoms with Gasteiger partial charge in [0.25, 0.3) is 5.69 Å². The molecule has 2 rings (SSSR count). The van der Waals surface area contributed by atoms with Gasteiger partial charge in [-0.05, 0) is 18.2 Å². The molecule has 0 spiro atoms. The van der Waals surface area contributed by atoms with Crippen LogP contribution in [0.25, 0.3) is 0 Å². The highest BCUT2D eigenvalue weighted by Gasteiger charge is 2.12. The molecule has 0 atom stereocenters. The molecule has 0 unspecified atom stereocenters. The summed E-state index contributed by atoms with van der Waals surface area (Å²) in [6.07, 6.45) is 7.20. The molecule has 1 aliphatic rings. The normalized spacial score (nSPS) is 14.0. The first-order valence-corrected chi connectivity index (χ1v) is 5.13. The van der Waals surface area contributed by atoms with Crippen LogP contribution in [0.4, 0.5) is 11.4 Å². The predicted molar refractivity (Wildman–Crippen MR) is 67.3 cm³/mol. The Morgan fingerprint density at radius 1 is 1.29 bits per heavy atom. The summed E-state index contributed by atoms with van der Waals surface area (Å²) in [4.78, 5) is 14.5. The molecule has 0 saturated heterocycles. The van der Waals surface area contributed by atoms with Crippen LogP contribution in [-0.4, -0.2) is 17.7 Å². The van der Waals surface area contributed by atoms with E-state index in [1.807, 2.05) is 18.2 Å². The maximum absolute atomic E-state index is 10.8. The largest absolute Gasteiger partial charge is 0.352 e. The molecule has 0 saturated carbocycles. The Hall–Kier alpha value is -2.43. The summed E-state index contributed by atoms with van der Waals surface area (Å²) >= 11 is 0. The summed E-state index contributed by atoms with van der Waals surface area (Å²) in [6.45, 7) is 0.485. The molecule has 0 amide bonds. The van der Waals surface area contributed by atoms with Crippen LogP contribution in [-0.2, 0) is 0 Å². The number of para-hydroxylation sites is 2. The van der Waals surface area contributed by atoms with Crippen molar-refractivity contribution in [3.8, 4) is 0 Å². The van der Waals surface area contributed by atoms with E-state index in [-0.39, 0.29) is 5.69 Å². The highest BCUT2D eigenvalue weighted by Crippen LogP contribution is 2.24. The van der Waals surface area contributed by atoms with Crippen molar-refractivity contribution < 1.29 is 4.92 Å². The maximum Gasteiger partial charge on any atom is 0.292 e. The molecule has 0 fully saturated rings. The molecule has 17 heavy (non-hydrogen) atoms. The Labute approximate surface area is 98.3 Å². The second-order valence-electron chi connectivity index (χ2n) is 3.47. The topological polar surface area (TPSA) is 67.5 Å². The molecule has 5 heteroatoms. The van der Waals surface area contributed by atoms with Crippen LogP contribution < -0.4 is 5.32 Å². The van der Waals surface area contributed by atoms with Crippen molar-refractivity contribution >= 4 is 17.6 Å². The number of nitrogens with zero attached hydrogens (tertiary/aromatic N) is 2. The second-order valence-corrected chi connectivity index (χ2v) is 3.47. The van der Waals surface area contributed by atoms with Gasteiger partial charge in [0.2, 0.25) is 0 Å². The lowest BCUT2D eigenvalue weighted by molar-refractivity contribution is -0.383. The third kappa shape index (κ3) is 2.78. The van der Waals surface area contributed by atoms with Gasteiger partial charge in [-0.2, -0.15) is 0 Å².